The highest BCUT2D eigenvalue weighted by Gasteiger charge is 2.03. The van der Waals surface area contributed by atoms with Crippen molar-refractivity contribution in [3.05, 3.63) is 67.0 Å². The summed E-state index contributed by atoms with van der Waals surface area (Å²) in [4.78, 5) is 15.0. The molecule has 2 rings (SSSR count). The Morgan fingerprint density at radius 3 is 2.73 bits per heavy atom. The van der Waals surface area contributed by atoms with E-state index in [9.17, 15) is 4.79 Å². The van der Waals surface area contributed by atoms with Crippen LogP contribution in [0.1, 0.15) is 20.8 Å². The molecule has 0 spiro atoms. The molecular weight excluding hydrogens is 274 g/mol. The zero-order valence-electron chi connectivity index (χ0n) is 13.3. The number of rotatable bonds is 4. The summed E-state index contributed by atoms with van der Waals surface area (Å²) in [5, 5.41) is 6.57. The molecule has 4 nitrogen and oxygen atoms in total. The van der Waals surface area contributed by atoms with Gasteiger partial charge in [0, 0.05) is 28.5 Å². The Morgan fingerprint density at radius 2 is 2.05 bits per heavy atom. The molecule has 4 heteroatoms. The Balaban J connectivity index is 0.00000116. The van der Waals surface area contributed by atoms with Crippen LogP contribution in [0.15, 0.2) is 67.0 Å². The number of fused-ring (bicyclic) bond motifs is 1. The van der Waals surface area contributed by atoms with Crippen LogP contribution in [0.5, 0.6) is 0 Å². The van der Waals surface area contributed by atoms with Crippen LogP contribution in [0.3, 0.4) is 0 Å². The zero-order valence-corrected chi connectivity index (χ0v) is 13.3. The van der Waals surface area contributed by atoms with Crippen molar-refractivity contribution in [1.29, 1.82) is 0 Å². The number of H-pyrrole nitrogens is 1. The van der Waals surface area contributed by atoms with Crippen molar-refractivity contribution in [2.75, 3.05) is 5.32 Å². The molecule has 0 aliphatic heterocycles. The van der Waals surface area contributed by atoms with Gasteiger partial charge < -0.3 is 15.6 Å². The van der Waals surface area contributed by atoms with E-state index in [1.165, 1.54) is 0 Å². The summed E-state index contributed by atoms with van der Waals surface area (Å²) < 4.78 is 0. The van der Waals surface area contributed by atoms with E-state index in [4.69, 9.17) is 0 Å². The number of carbonyl (C=O) groups excluding carboxylic acids is 1. The van der Waals surface area contributed by atoms with E-state index >= 15 is 0 Å². The normalized spacial score (nSPS) is 11.0. The van der Waals surface area contributed by atoms with Crippen molar-refractivity contribution >= 4 is 22.6 Å². The number of allylic oxidation sites excluding steroid dienone is 4. The lowest BCUT2D eigenvalue weighted by Gasteiger charge is -2.08. The van der Waals surface area contributed by atoms with Crippen LogP contribution >= 0.6 is 0 Å². The number of nitrogens with one attached hydrogen (secondary N) is 3. The van der Waals surface area contributed by atoms with Gasteiger partial charge in [0.25, 0.3) is 0 Å². The topological polar surface area (TPSA) is 56.9 Å². The minimum absolute atomic E-state index is 0.296. The van der Waals surface area contributed by atoms with Gasteiger partial charge in [-0.2, -0.15) is 0 Å². The Morgan fingerprint density at radius 1 is 1.27 bits per heavy atom. The first-order chi connectivity index (χ1) is 10.7. The lowest BCUT2D eigenvalue weighted by Crippen LogP contribution is -2.27. The lowest BCUT2D eigenvalue weighted by molar-refractivity contribution is 0.254. The SMILES string of the molecule is C=C/C(=C\C=C/C)NC(=O)Nc1ccc2[nH]ccc2c1.CC. The Labute approximate surface area is 131 Å². The molecule has 0 saturated heterocycles. The minimum atomic E-state index is -0.296. The van der Waals surface area contributed by atoms with E-state index in [2.05, 4.69) is 22.2 Å². The average Bonchev–Trinajstić information content (AvgIpc) is 3.01. The van der Waals surface area contributed by atoms with Crippen LogP contribution in [-0.2, 0) is 0 Å². The fourth-order valence-corrected chi connectivity index (χ4v) is 1.79. The minimum Gasteiger partial charge on any atom is -0.361 e. The molecular formula is C18H23N3O. The predicted molar refractivity (Wildman–Crippen MR) is 94.9 cm³/mol. The quantitative estimate of drug-likeness (QED) is 0.686. The number of amides is 2. The van der Waals surface area contributed by atoms with Crippen LogP contribution in [-0.4, -0.2) is 11.0 Å². The predicted octanol–water partition coefficient (Wildman–Crippen LogP) is 4.96. The number of benzene rings is 1. The molecule has 0 radical (unpaired) electrons. The smallest absolute Gasteiger partial charge is 0.323 e. The third kappa shape index (κ3) is 4.98. The van der Waals surface area contributed by atoms with E-state index < -0.39 is 0 Å². The van der Waals surface area contributed by atoms with Crippen molar-refractivity contribution < 1.29 is 4.79 Å². The molecule has 22 heavy (non-hydrogen) atoms. The molecule has 3 N–H and O–H groups in total. The van der Waals surface area contributed by atoms with E-state index in [0.717, 1.165) is 16.6 Å². The summed E-state index contributed by atoms with van der Waals surface area (Å²) in [5.74, 6) is 0. The van der Waals surface area contributed by atoms with Crippen LogP contribution in [0.2, 0.25) is 0 Å². The third-order valence-electron chi connectivity index (χ3n) is 2.76. The molecule has 0 unspecified atom stereocenters. The van der Waals surface area contributed by atoms with E-state index in [1.54, 1.807) is 12.2 Å². The van der Waals surface area contributed by atoms with Crippen molar-refractivity contribution in [2.45, 2.75) is 20.8 Å². The fraction of sp³-hybridized carbons (Fsp3) is 0.167. The Bertz CT molecular complexity index is 680. The first-order valence-electron chi connectivity index (χ1n) is 7.33. The number of hydrogen-bond donors (Lipinski definition) is 3. The molecule has 0 aliphatic rings. The number of carbonyl (C=O) groups is 1. The summed E-state index contributed by atoms with van der Waals surface area (Å²) in [6.07, 6.45) is 8.95. The molecule has 2 aromatic rings. The van der Waals surface area contributed by atoms with Crippen molar-refractivity contribution in [1.82, 2.24) is 10.3 Å². The molecule has 1 heterocycles. The molecule has 1 aromatic heterocycles. The third-order valence-corrected chi connectivity index (χ3v) is 2.76. The van der Waals surface area contributed by atoms with Crippen molar-refractivity contribution in [2.24, 2.45) is 0 Å². The van der Waals surface area contributed by atoms with E-state index in [-0.39, 0.29) is 6.03 Å². The zero-order chi connectivity index (χ0) is 16.4. The summed E-state index contributed by atoms with van der Waals surface area (Å²) >= 11 is 0. The molecule has 0 aliphatic carbocycles. The van der Waals surface area contributed by atoms with Gasteiger partial charge in [-0.05, 0) is 43.3 Å². The second-order valence-electron chi connectivity index (χ2n) is 4.21. The number of aromatic amines is 1. The van der Waals surface area contributed by atoms with Crippen molar-refractivity contribution in [3.63, 3.8) is 0 Å². The van der Waals surface area contributed by atoms with E-state index in [1.807, 2.05) is 63.4 Å². The maximum absolute atomic E-state index is 11.9. The Kier molecular flexibility index (Phi) is 7.26. The molecule has 0 bridgehead atoms. The molecule has 1 aromatic carbocycles. The van der Waals surface area contributed by atoms with Crippen molar-refractivity contribution in [3.8, 4) is 0 Å². The molecule has 0 atom stereocenters. The van der Waals surface area contributed by atoms with Gasteiger partial charge in [-0.15, -0.1) is 0 Å². The monoisotopic (exact) mass is 297 g/mol. The van der Waals surface area contributed by atoms with Crippen LogP contribution in [0.25, 0.3) is 10.9 Å². The van der Waals surface area contributed by atoms with Crippen LogP contribution < -0.4 is 10.6 Å². The number of hydrogen-bond acceptors (Lipinski definition) is 1. The first-order valence-corrected chi connectivity index (χ1v) is 7.33. The highest BCUT2D eigenvalue weighted by molar-refractivity contribution is 5.93. The van der Waals surface area contributed by atoms with Crippen LogP contribution in [0.4, 0.5) is 10.5 Å². The summed E-state index contributed by atoms with van der Waals surface area (Å²) in [7, 11) is 0. The van der Waals surface area contributed by atoms with Gasteiger partial charge in [-0.1, -0.05) is 32.6 Å². The van der Waals surface area contributed by atoms with Gasteiger partial charge in [-0.3, -0.25) is 0 Å². The number of anilines is 1. The second-order valence-corrected chi connectivity index (χ2v) is 4.21. The molecule has 0 saturated carbocycles. The van der Waals surface area contributed by atoms with Gasteiger partial charge in [0.1, 0.15) is 0 Å². The Hall–Kier alpha value is -2.75. The van der Waals surface area contributed by atoms with Crippen LogP contribution in [0, 0.1) is 0 Å². The lowest BCUT2D eigenvalue weighted by atomic mass is 10.2. The van der Waals surface area contributed by atoms with Gasteiger partial charge >= 0.3 is 6.03 Å². The number of urea groups is 1. The fourth-order valence-electron chi connectivity index (χ4n) is 1.79. The molecule has 0 fully saturated rings. The second kappa shape index (κ2) is 9.23. The van der Waals surface area contributed by atoms with E-state index in [0.29, 0.717) is 5.70 Å². The molecule has 2 amide bonds. The maximum Gasteiger partial charge on any atom is 0.323 e. The van der Waals surface area contributed by atoms with Gasteiger partial charge in [-0.25, -0.2) is 4.79 Å². The summed E-state index contributed by atoms with van der Waals surface area (Å²) in [5.41, 5.74) is 2.42. The highest BCUT2D eigenvalue weighted by Crippen LogP contribution is 2.17. The first kappa shape index (κ1) is 17.3. The summed E-state index contributed by atoms with van der Waals surface area (Å²) in [6.45, 7) is 9.57. The summed E-state index contributed by atoms with van der Waals surface area (Å²) in [6, 6.07) is 7.35. The number of aromatic nitrogens is 1. The highest BCUT2D eigenvalue weighted by atomic mass is 16.2. The maximum atomic E-state index is 11.9. The van der Waals surface area contributed by atoms with Gasteiger partial charge in [0.05, 0.1) is 0 Å². The average molecular weight is 297 g/mol. The molecule has 116 valence electrons. The largest absolute Gasteiger partial charge is 0.361 e. The standard InChI is InChI=1S/C16H17N3O.C2H6/c1-3-5-6-13(4-2)18-16(20)19-14-7-8-15-12(11-14)9-10-17-15;1-2/h3-11,17H,2H2,1H3,(H2,18,19,20);1-2H3/b5-3-,13-6+;. The van der Waals surface area contributed by atoms with Gasteiger partial charge in [0.15, 0.2) is 0 Å². The van der Waals surface area contributed by atoms with Gasteiger partial charge in [0.2, 0.25) is 0 Å².